The van der Waals surface area contributed by atoms with Crippen molar-refractivity contribution in [3.8, 4) is 5.69 Å². The maximum Gasteiger partial charge on any atom is 0.292 e. The first-order valence-corrected chi connectivity index (χ1v) is 7.54. The summed E-state index contributed by atoms with van der Waals surface area (Å²) in [6.07, 6.45) is 1.81. The van der Waals surface area contributed by atoms with Crippen molar-refractivity contribution in [1.29, 1.82) is 0 Å². The number of anilines is 1. The van der Waals surface area contributed by atoms with Gasteiger partial charge in [0.05, 0.1) is 22.8 Å². The van der Waals surface area contributed by atoms with E-state index in [0.29, 0.717) is 11.4 Å². The first-order valence-electron chi connectivity index (χ1n) is 7.54. The van der Waals surface area contributed by atoms with Crippen LogP contribution in [0.5, 0.6) is 0 Å². The Morgan fingerprint density at radius 2 is 1.96 bits per heavy atom. The summed E-state index contributed by atoms with van der Waals surface area (Å²) in [7, 11) is 0. The second kappa shape index (κ2) is 6.49. The van der Waals surface area contributed by atoms with Crippen LogP contribution < -0.4 is 5.32 Å². The van der Waals surface area contributed by atoms with Gasteiger partial charge in [0.2, 0.25) is 0 Å². The van der Waals surface area contributed by atoms with Gasteiger partial charge >= 0.3 is 0 Å². The topological polar surface area (TPSA) is 85.9 Å². The van der Waals surface area contributed by atoms with Crippen LogP contribution in [-0.2, 0) is 0 Å². The van der Waals surface area contributed by atoms with Crippen LogP contribution in [0.4, 0.5) is 11.4 Å². The van der Waals surface area contributed by atoms with Crippen molar-refractivity contribution in [2.24, 2.45) is 0 Å². The zero-order chi connectivity index (χ0) is 17.1. The maximum absolute atomic E-state index is 11.2. The summed E-state index contributed by atoms with van der Waals surface area (Å²) in [6.45, 7) is 3.72. The molecule has 0 saturated carbocycles. The van der Waals surface area contributed by atoms with Crippen LogP contribution in [-0.4, -0.2) is 19.9 Å². The van der Waals surface area contributed by atoms with Gasteiger partial charge in [-0.2, -0.15) is 0 Å². The van der Waals surface area contributed by atoms with E-state index < -0.39 is 0 Å². The molecule has 1 N–H and O–H groups in total. The van der Waals surface area contributed by atoms with Crippen molar-refractivity contribution >= 4 is 11.4 Å². The van der Waals surface area contributed by atoms with Gasteiger partial charge in [0.1, 0.15) is 11.4 Å². The number of nitrogens with one attached hydrogen (secondary N) is 1. The van der Waals surface area contributed by atoms with Gasteiger partial charge in [-0.3, -0.25) is 10.1 Å². The molecule has 0 bridgehead atoms. The Kier molecular flexibility index (Phi) is 4.24. The lowest BCUT2D eigenvalue weighted by Gasteiger charge is -2.13. The zero-order valence-electron chi connectivity index (χ0n) is 13.4. The molecule has 0 aliphatic carbocycles. The fourth-order valence-corrected chi connectivity index (χ4v) is 2.40. The summed E-state index contributed by atoms with van der Waals surface area (Å²) >= 11 is 0. The minimum Gasteiger partial charge on any atom is -0.371 e. The predicted octanol–water partition coefficient (Wildman–Crippen LogP) is 3.66. The number of hydrogen-bond acceptors (Lipinski definition) is 5. The van der Waals surface area contributed by atoms with Gasteiger partial charge in [0.25, 0.3) is 5.69 Å². The van der Waals surface area contributed by atoms with E-state index in [9.17, 15) is 10.1 Å². The normalized spacial score (nSPS) is 11.9. The largest absolute Gasteiger partial charge is 0.371 e. The second-order valence-corrected chi connectivity index (χ2v) is 5.57. The van der Waals surface area contributed by atoms with Crippen LogP contribution >= 0.6 is 0 Å². The van der Waals surface area contributed by atoms with Crippen LogP contribution in [0.3, 0.4) is 0 Å². The van der Waals surface area contributed by atoms with Gasteiger partial charge in [0.15, 0.2) is 0 Å². The van der Waals surface area contributed by atoms with Crippen molar-refractivity contribution in [3.63, 3.8) is 0 Å². The molecule has 3 aromatic rings. The average molecular weight is 323 g/mol. The third-order valence-corrected chi connectivity index (χ3v) is 3.70. The van der Waals surface area contributed by atoms with Gasteiger partial charge in [-0.25, -0.2) is 4.68 Å². The molecule has 3 rings (SSSR count). The Morgan fingerprint density at radius 1 is 1.21 bits per heavy atom. The number of nitrogens with zero attached hydrogens (tertiary/aromatic N) is 4. The number of nitro benzene ring substituents is 1. The molecule has 1 atom stereocenters. The first kappa shape index (κ1) is 15.7. The van der Waals surface area contributed by atoms with E-state index in [1.165, 1.54) is 0 Å². The van der Waals surface area contributed by atoms with Gasteiger partial charge in [-0.1, -0.05) is 29.5 Å². The van der Waals surface area contributed by atoms with Crippen LogP contribution in [0.2, 0.25) is 0 Å². The maximum atomic E-state index is 11.2. The van der Waals surface area contributed by atoms with Crippen LogP contribution in [0.1, 0.15) is 24.2 Å². The van der Waals surface area contributed by atoms with Gasteiger partial charge in [-0.05, 0) is 37.6 Å². The van der Waals surface area contributed by atoms with E-state index in [4.69, 9.17) is 0 Å². The highest BCUT2D eigenvalue weighted by molar-refractivity contribution is 5.63. The molecule has 1 unspecified atom stereocenters. The molecular formula is C17H17N5O2. The van der Waals surface area contributed by atoms with E-state index in [2.05, 4.69) is 15.6 Å². The highest BCUT2D eigenvalue weighted by Crippen LogP contribution is 2.28. The van der Waals surface area contributed by atoms with E-state index in [1.54, 1.807) is 16.8 Å². The number of aromatic nitrogens is 3. The van der Waals surface area contributed by atoms with Crippen LogP contribution in [0.25, 0.3) is 5.69 Å². The molecule has 122 valence electrons. The molecule has 0 aliphatic rings. The number of rotatable bonds is 5. The smallest absolute Gasteiger partial charge is 0.292 e. The lowest BCUT2D eigenvalue weighted by Crippen LogP contribution is -2.09. The number of aryl methyl sites for hydroxylation is 1. The van der Waals surface area contributed by atoms with Crippen LogP contribution in [0, 0.1) is 17.0 Å². The summed E-state index contributed by atoms with van der Waals surface area (Å²) in [5.41, 5.74) is 2.97. The molecule has 0 amide bonds. The molecule has 0 saturated heterocycles. The number of para-hydroxylation sites is 1. The van der Waals surface area contributed by atoms with Crippen molar-refractivity contribution < 1.29 is 4.92 Å². The molecule has 1 aromatic heterocycles. The Labute approximate surface area is 139 Å². The number of hydrogen-bond donors (Lipinski definition) is 1. The third kappa shape index (κ3) is 3.24. The van der Waals surface area contributed by atoms with Gasteiger partial charge in [0, 0.05) is 6.07 Å². The highest BCUT2D eigenvalue weighted by Gasteiger charge is 2.18. The lowest BCUT2D eigenvalue weighted by atomic mass is 10.1. The van der Waals surface area contributed by atoms with E-state index in [0.717, 1.165) is 11.3 Å². The molecule has 7 heteroatoms. The summed E-state index contributed by atoms with van der Waals surface area (Å²) in [5.74, 6) is 0. The van der Waals surface area contributed by atoms with E-state index >= 15 is 0 Å². The molecule has 0 spiro atoms. The number of nitro groups is 1. The highest BCUT2D eigenvalue weighted by atomic mass is 16.6. The minimum atomic E-state index is -0.386. The molecule has 0 fully saturated rings. The Balaban J connectivity index is 1.82. The van der Waals surface area contributed by atoms with Gasteiger partial charge in [-0.15, -0.1) is 5.10 Å². The average Bonchev–Trinajstić information content (AvgIpc) is 3.07. The van der Waals surface area contributed by atoms with Crippen molar-refractivity contribution in [3.05, 3.63) is 76.1 Å². The first-order chi connectivity index (χ1) is 11.5. The predicted molar refractivity (Wildman–Crippen MR) is 91.2 cm³/mol. The Morgan fingerprint density at radius 3 is 2.67 bits per heavy atom. The molecule has 1 heterocycles. The van der Waals surface area contributed by atoms with Crippen molar-refractivity contribution in [2.75, 3.05) is 5.32 Å². The Bertz CT molecular complexity index is 860. The fraction of sp³-hybridized carbons (Fsp3) is 0.176. The summed E-state index contributed by atoms with van der Waals surface area (Å²) in [6, 6.07) is 14.5. The molecule has 0 radical (unpaired) electrons. The molecule has 0 aliphatic heterocycles. The second-order valence-electron chi connectivity index (χ2n) is 5.57. The molecular weight excluding hydrogens is 306 g/mol. The lowest BCUT2D eigenvalue weighted by molar-refractivity contribution is -0.384. The summed E-state index contributed by atoms with van der Waals surface area (Å²) < 4.78 is 1.68. The van der Waals surface area contributed by atoms with Gasteiger partial charge < -0.3 is 5.32 Å². The monoisotopic (exact) mass is 323 g/mol. The zero-order valence-corrected chi connectivity index (χ0v) is 13.4. The summed E-state index contributed by atoms with van der Waals surface area (Å²) in [4.78, 5) is 10.8. The standard InChI is InChI=1S/C17H17N5O2/c1-12-8-9-15(17(10-12)22(23)24)18-13(2)16-11-21(20-19-16)14-6-4-3-5-7-14/h3-11,13,18H,1-2H3. The molecule has 7 nitrogen and oxygen atoms in total. The quantitative estimate of drug-likeness (QED) is 0.572. The van der Waals surface area contributed by atoms with E-state index in [1.807, 2.05) is 56.4 Å². The Hall–Kier alpha value is -3.22. The molecule has 24 heavy (non-hydrogen) atoms. The number of benzene rings is 2. The SMILES string of the molecule is Cc1ccc(NC(C)c2cn(-c3ccccc3)nn2)c([N+](=O)[O-])c1. The molecule has 2 aromatic carbocycles. The third-order valence-electron chi connectivity index (χ3n) is 3.70. The van der Waals surface area contributed by atoms with E-state index in [-0.39, 0.29) is 16.7 Å². The van der Waals surface area contributed by atoms with Crippen LogP contribution in [0.15, 0.2) is 54.7 Å². The fourth-order valence-electron chi connectivity index (χ4n) is 2.40. The van der Waals surface area contributed by atoms with Crippen molar-refractivity contribution in [2.45, 2.75) is 19.9 Å². The summed E-state index contributed by atoms with van der Waals surface area (Å²) in [5, 5.41) is 22.6. The minimum absolute atomic E-state index is 0.0531. The van der Waals surface area contributed by atoms with Crippen molar-refractivity contribution in [1.82, 2.24) is 15.0 Å².